The number of carbonyl (C=O) groups excluding carboxylic acids is 1. The number of aliphatic imine (C=N–C) groups is 1. The number of ether oxygens (including phenoxy) is 1. The molecule has 1 rings (SSSR count). The van der Waals surface area contributed by atoms with Gasteiger partial charge in [0.2, 0.25) is 0 Å². The third-order valence-electron chi connectivity index (χ3n) is 3.04. The highest BCUT2D eigenvalue weighted by Gasteiger charge is 2.31. The van der Waals surface area contributed by atoms with Gasteiger partial charge in [0.25, 0.3) is 0 Å². The molecule has 1 fully saturated rings. The quantitative estimate of drug-likeness (QED) is 0.325. The molecule has 0 aliphatic carbocycles. The third-order valence-corrected chi connectivity index (χ3v) is 4.28. The first-order valence-corrected chi connectivity index (χ1v) is 9.19. The summed E-state index contributed by atoms with van der Waals surface area (Å²) in [7, 11) is 0. The molecule has 0 aromatic rings. The van der Waals surface area contributed by atoms with Gasteiger partial charge < -0.3 is 25.8 Å². The van der Waals surface area contributed by atoms with Gasteiger partial charge in [-0.15, -0.1) is 0 Å². The van der Waals surface area contributed by atoms with Crippen molar-refractivity contribution in [3.05, 3.63) is 0 Å². The second-order valence-electron chi connectivity index (χ2n) is 6.58. The highest BCUT2D eigenvalue weighted by molar-refractivity contribution is 7.99. The summed E-state index contributed by atoms with van der Waals surface area (Å²) < 4.78 is 5.16. The van der Waals surface area contributed by atoms with E-state index in [-0.39, 0.29) is 0 Å². The maximum Gasteiger partial charge on any atom is 0.407 e. The molecule has 0 aromatic heterocycles. The maximum atomic E-state index is 11.5. The van der Waals surface area contributed by atoms with E-state index in [1.54, 1.807) is 11.8 Å². The molecule has 1 aliphatic rings. The lowest BCUT2D eigenvalue weighted by Crippen LogP contribution is -2.43. The first-order chi connectivity index (χ1) is 10.7. The van der Waals surface area contributed by atoms with Crippen molar-refractivity contribution in [2.45, 2.75) is 45.3 Å². The molecule has 0 radical (unpaired) electrons. The van der Waals surface area contributed by atoms with E-state index in [0.717, 1.165) is 24.5 Å². The van der Waals surface area contributed by atoms with Crippen LogP contribution in [0.2, 0.25) is 0 Å². The van der Waals surface area contributed by atoms with E-state index >= 15 is 0 Å². The minimum atomic E-state index is -0.693. The molecule has 1 heterocycles. The van der Waals surface area contributed by atoms with Crippen LogP contribution in [0, 0.1) is 0 Å². The summed E-state index contributed by atoms with van der Waals surface area (Å²) in [5, 5.41) is 19.2. The van der Waals surface area contributed by atoms with Gasteiger partial charge in [0.05, 0.1) is 12.1 Å². The zero-order valence-electron chi connectivity index (χ0n) is 14.6. The normalized spacial score (nSPS) is 21.9. The molecular weight excluding hydrogens is 316 g/mol. The predicted molar refractivity (Wildman–Crippen MR) is 95.1 cm³/mol. The Morgan fingerprint density at radius 2 is 2.00 bits per heavy atom. The van der Waals surface area contributed by atoms with Crippen LogP contribution in [0.5, 0.6) is 0 Å². The fourth-order valence-electron chi connectivity index (χ4n) is 1.95. The molecule has 0 saturated carbocycles. The van der Waals surface area contributed by atoms with Crippen molar-refractivity contribution in [2.75, 3.05) is 37.7 Å². The topological polar surface area (TPSA) is 95.0 Å². The number of carbonyl (C=O) groups is 1. The van der Waals surface area contributed by atoms with E-state index in [1.807, 2.05) is 27.7 Å². The third kappa shape index (κ3) is 8.90. The lowest BCUT2D eigenvalue weighted by molar-refractivity contribution is 0.0529. The minimum absolute atomic E-state index is 0.384. The average Bonchev–Trinajstić information content (AvgIpc) is 2.86. The van der Waals surface area contributed by atoms with Crippen molar-refractivity contribution < 1.29 is 14.6 Å². The van der Waals surface area contributed by atoms with Gasteiger partial charge in [-0.1, -0.05) is 0 Å². The van der Waals surface area contributed by atoms with Crippen molar-refractivity contribution in [3.8, 4) is 0 Å². The smallest absolute Gasteiger partial charge is 0.407 e. The van der Waals surface area contributed by atoms with Gasteiger partial charge in [-0.25, -0.2) is 4.79 Å². The summed E-state index contributed by atoms with van der Waals surface area (Å²) in [4.78, 5) is 16.0. The Hall–Kier alpha value is -1.15. The number of amides is 1. The van der Waals surface area contributed by atoms with Crippen LogP contribution >= 0.6 is 11.8 Å². The van der Waals surface area contributed by atoms with Crippen LogP contribution in [0.3, 0.4) is 0 Å². The molecule has 1 aliphatic heterocycles. The molecule has 1 unspecified atom stereocenters. The van der Waals surface area contributed by atoms with Crippen LogP contribution in [0.1, 0.15) is 34.1 Å². The van der Waals surface area contributed by atoms with Gasteiger partial charge in [0.1, 0.15) is 5.60 Å². The van der Waals surface area contributed by atoms with Gasteiger partial charge in [-0.3, -0.25) is 4.99 Å². The number of hydrogen-bond acceptors (Lipinski definition) is 5. The molecular formula is C15H30N4O3S. The molecule has 8 heteroatoms. The molecule has 1 atom stereocenters. The largest absolute Gasteiger partial charge is 0.444 e. The van der Waals surface area contributed by atoms with Gasteiger partial charge in [-0.2, -0.15) is 11.8 Å². The number of rotatable bonds is 6. The van der Waals surface area contributed by atoms with Gasteiger partial charge in [0.15, 0.2) is 5.96 Å². The van der Waals surface area contributed by atoms with E-state index in [4.69, 9.17) is 4.74 Å². The number of nitrogens with zero attached hydrogens (tertiary/aromatic N) is 1. The Labute approximate surface area is 143 Å². The molecule has 134 valence electrons. The lowest BCUT2D eigenvalue weighted by Gasteiger charge is -2.20. The summed E-state index contributed by atoms with van der Waals surface area (Å²) in [6.45, 7) is 9.54. The van der Waals surface area contributed by atoms with Crippen LogP contribution < -0.4 is 16.0 Å². The molecule has 23 heavy (non-hydrogen) atoms. The first kappa shape index (κ1) is 19.9. The maximum absolute atomic E-state index is 11.5. The SMILES string of the molecule is CCNC(=NCC1(O)CCSC1)NCCNC(=O)OC(C)(C)C. The first-order valence-electron chi connectivity index (χ1n) is 8.03. The number of nitrogens with one attached hydrogen (secondary N) is 3. The van der Waals surface area contributed by atoms with Crippen LogP contribution in [-0.4, -0.2) is 66.0 Å². The average molecular weight is 346 g/mol. The van der Waals surface area contributed by atoms with E-state index in [2.05, 4.69) is 20.9 Å². The summed E-state index contributed by atoms with van der Waals surface area (Å²) in [6, 6.07) is 0. The Bertz CT molecular complexity index is 404. The van der Waals surface area contributed by atoms with Gasteiger partial charge in [-0.05, 0) is 39.9 Å². The van der Waals surface area contributed by atoms with E-state index in [1.165, 1.54) is 0 Å². The molecule has 7 nitrogen and oxygen atoms in total. The number of thioether (sulfide) groups is 1. The van der Waals surface area contributed by atoms with Crippen molar-refractivity contribution in [1.82, 2.24) is 16.0 Å². The van der Waals surface area contributed by atoms with Gasteiger partial charge in [0, 0.05) is 25.4 Å². The van der Waals surface area contributed by atoms with Crippen molar-refractivity contribution >= 4 is 23.8 Å². The van der Waals surface area contributed by atoms with E-state index in [0.29, 0.717) is 25.6 Å². The zero-order chi connectivity index (χ0) is 17.3. The van der Waals surface area contributed by atoms with Crippen LogP contribution in [0.4, 0.5) is 4.79 Å². The molecule has 1 saturated heterocycles. The molecule has 4 N–H and O–H groups in total. The second kappa shape index (κ2) is 9.22. The Balaban J connectivity index is 2.31. The Morgan fingerprint density at radius 1 is 1.30 bits per heavy atom. The van der Waals surface area contributed by atoms with Crippen molar-refractivity contribution in [2.24, 2.45) is 4.99 Å². The highest BCUT2D eigenvalue weighted by atomic mass is 32.2. The number of guanidine groups is 1. The molecule has 0 spiro atoms. The molecule has 0 aromatic carbocycles. The number of hydrogen-bond donors (Lipinski definition) is 4. The fourth-order valence-corrected chi connectivity index (χ4v) is 3.23. The molecule has 0 bridgehead atoms. The summed E-state index contributed by atoms with van der Waals surface area (Å²) >= 11 is 1.75. The zero-order valence-corrected chi connectivity index (χ0v) is 15.4. The van der Waals surface area contributed by atoms with Crippen molar-refractivity contribution in [1.29, 1.82) is 0 Å². The van der Waals surface area contributed by atoms with Crippen LogP contribution in [-0.2, 0) is 4.74 Å². The fraction of sp³-hybridized carbons (Fsp3) is 0.867. The monoisotopic (exact) mass is 346 g/mol. The van der Waals surface area contributed by atoms with Crippen LogP contribution in [0.25, 0.3) is 0 Å². The summed E-state index contributed by atoms with van der Waals surface area (Å²) in [5.74, 6) is 2.36. The summed E-state index contributed by atoms with van der Waals surface area (Å²) in [5.41, 5.74) is -1.19. The number of alkyl carbamates (subject to hydrolysis) is 1. The van der Waals surface area contributed by atoms with Gasteiger partial charge >= 0.3 is 6.09 Å². The predicted octanol–water partition coefficient (Wildman–Crippen LogP) is 0.934. The number of aliphatic hydroxyl groups is 1. The van der Waals surface area contributed by atoms with E-state index in [9.17, 15) is 9.90 Å². The van der Waals surface area contributed by atoms with Crippen molar-refractivity contribution in [3.63, 3.8) is 0 Å². The minimum Gasteiger partial charge on any atom is -0.444 e. The Kier molecular flexibility index (Phi) is 7.98. The highest BCUT2D eigenvalue weighted by Crippen LogP contribution is 2.27. The van der Waals surface area contributed by atoms with Crippen LogP contribution in [0.15, 0.2) is 4.99 Å². The Morgan fingerprint density at radius 3 is 2.57 bits per heavy atom. The molecule has 1 amide bonds. The lowest BCUT2D eigenvalue weighted by atomic mass is 10.1. The summed E-state index contributed by atoms with van der Waals surface area (Å²) in [6.07, 6.45) is 0.347. The van der Waals surface area contributed by atoms with E-state index < -0.39 is 17.3 Å². The standard InChI is InChI=1S/C15H30N4O3S/c1-5-16-12(19-10-15(21)6-9-23-11-15)17-7-8-18-13(20)22-14(2,3)4/h21H,5-11H2,1-4H3,(H,18,20)(H2,16,17,19). The second-order valence-corrected chi connectivity index (χ2v) is 7.68.